The van der Waals surface area contributed by atoms with Gasteiger partial charge in [-0.25, -0.2) is 0 Å². The summed E-state index contributed by atoms with van der Waals surface area (Å²) >= 11 is 11.9. The van der Waals surface area contributed by atoms with Gasteiger partial charge in [-0.15, -0.1) is 0 Å². The van der Waals surface area contributed by atoms with Gasteiger partial charge in [0.2, 0.25) is 0 Å². The number of fused-ring (bicyclic) bond motifs is 1. The van der Waals surface area contributed by atoms with Crippen LogP contribution in [0.2, 0.25) is 10.0 Å². The van der Waals surface area contributed by atoms with E-state index < -0.39 is 18.0 Å². The summed E-state index contributed by atoms with van der Waals surface area (Å²) in [5.74, 6) is -1.27. The Balaban J connectivity index is 1.98. The molecule has 7 heteroatoms. The van der Waals surface area contributed by atoms with Crippen molar-refractivity contribution in [3.63, 3.8) is 0 Å². The first kappa shape index (κ1) is 12.9. The Morgan fingerprint density at radius 1 is 1.21 bits per heavy atom. The Morgan fingerprint density at radius 3 is 2.58 bits per heavy atom. The van der Waals surface area contributed by atoms with Crippen molar-refractivity contribution in [3.8, 4) is 0 Å². The van der Waals surface area contributed by atoms with Crippen LogP contribution in [0.25, 0.3) is 0 Å². The van der Waals surface area contributed by atoms with Crippen molar-refractivity contribution in [1.82, 2.24) is 0 Å². The number of anilines is 1. The van der Waals surface area contributed by atoms with Crippen molar-refractivity contribution in [2.45, 2.75) is 6.29 Å². The molecule has 0 bridgehead atoms. The molecule has 0 aliphatic carbocycles. The molecule has 1 amide bonds. The number of carbonyl (C=O) groups is 2. The minimum atomic E-state index is -0.640. The SMILES string of the molecule is O=C1C(=O)N(CC2OCCO2)c2cc(Cl)cc(Cl)c21. The number of hydrogen-bond acceptors (Lipinski definition) is 4. The van der Waals surface area contributed by atoms with Gasteiger partial charge in [-0.2, -0.15) is 0 Å². The Morgan fingerprint density at radius 2 is 1.89 bits per heavy atom. The molecule has 5 nitrogen and oxygen atoms in total. The van der Waals surface area contributed by atoms with E-state index in [2.05, 4.69) is 0 Å². The molecule has 0 saturated carbocycles. The molecule has 0 radical (unpaired) electrons. The lowest BCUT2D eigenvalue weighted by Crippen LogP contribution is -2.37. The van der Waals surface area contributed by atoms with Crippen molar-refractivity contribution in [2.75, 3.05) is 24.7 Å². The number of hydrogen-bond donors (Lipinski definition) is 0. The van der Waals surface area contributed by atoms with E-state index in [9.17, 15) is 9.59 Å². The Bertz CT molecular complexity index is 569. The molecule has 0 aromatic heterocycles. The van der Waals surface area contributed by atoms with Crippen molar-refractivity contribution < 1.29 is 19.1 Å². The summed E-state index contributed by atoms with van der Waals surface area (Å²) in [4.78, 5) is 25.2. The molecule has 1 saturated heterocycles. The van der Waals surface area contributed by atoms with Gasteiger partial charge in [0.05, 0.1) is 36.0 Å². The van der Waals surface area contributed by atoms with Gasteiger partial charge < -0.3 is 9.47 Å². The van der Waals surface area contributed by atoms with Gasteiger partial charge in [0.15, 0.2) is 6.29 Å². The maximum absolute atomic E-state index is 12.0. The van der Waals surface area contributed by atoms with Gasteiger partial charge in [-0.05, 0) is 12.1 Å². The number of carbonyl (C=O) groups excluding carboxylic acids is 2. The maximum atomic E-state index is 12.0. The minimum Gasteiger partial charge on any atom is -0.348 e. The monoisotopic (exact) mass is 301 g/mol. The zero-order valence-corrected chi connectivity index (χ0v) is 11.2. The molecule has 0 unspecified atom stereocenters. The number of halogens is 2. The second kappa shape index (κ2) is 4.76. The van der Waals surface area contributed by atoms with Gasteiger partial charge in [0, 0.05) is 5.02 Å². The molecule has 0 N–H and O–H groups in total. The molecule has 1 fully saturated rings. The molecular formula is C12H9Cl2NO4. The Labute approximate surface area is 119 Å². The molecule has 2 aliphatic rings. The molecule has 2 aliphatic heterocycles. The first-order chi connectivity index (χ1) is 9.08. The average Bonchev–Trinajstić information content (AvgIpc) is 2.93. The van der Waals surface area contributed by atoms with Crippen LogP contribution in [-0.2, 0) is 14.3 Å². The maximum Gasteiger partial charge on any atom is 0.299 e. The Kier molecular flexibility index (Phi) is 3.22. The second-order valence-corrected chi connectivity index (χ2v) is 5.04. The molecule has 3 rings (SSSR count). The fourth-order valence-corrected chi connectivity index (χ4v) is 2.75. The predicted molar refractivity (Wildman–Crippen MR) is 68.8 cm³/mol. The van der Waals surface area contributed by atoms with Crippen molar-refractivity contribution in [3.05, 3.63) is 27.7 Å². The topological polar surface area (TPSA) is 55.8 Å². The minimum absolute atomic E-state index is 0.147. The average molecular weight is 302 g/mol. The molecule has 2 heterocycles. The van der Waals surface area contributed by atoms with Crippen molar-refractivity contribution in [1.29, 1.82) is 0 Å². The lowest BCUT2D eigenvalue weighted by molar-refractivity contribution is -0.115. The normalized spacial score (nSPS) is 19.4. The van der Waals surface area contributed by atoms with E-state index in [1.54, 1.807) is 6.07 Å². The molecule has 0 atom stereocenters. The molecule has 19 heavy (non-hydrogen) atoms. The summed E-state index contributed by atoms with van der Waals surface area (Å²) in [6.07, 6.45) is -0.527. The highest BCUT2D eigenvalue weighted by atomic mass is 35.5. The lowest BCUT2D eigenvalue weighted by Gasteiger charge is -2.19. The zero-order valence-electron chi connectivity index (χ0n) is 9.69. The molecule has 0 spiro atoms. The van der Waals surface area contributed by atoms with E-state index in [0.29, 0.717) is 23.9 Å². The Hall–Kier alpha value is -1.14. The first-order valence-corrected chi connectivity index (χ1v) is 6.42. The van der Waals surface area contributed by atoms with Gasteiger partial charge in [-0.1, -0.05) is 23.2 Å². The molecule has 1 aromatic carbocycles. The van der Waals surface area contributed by atoms with E-state index in [1.165, 1.54) is 11.0 Å². The number of rotatable bonds is 2. The summed E-state index contributed by atoms with van der Waals surface area (Å²) in [7, 11) is 0. The number of nitrogens with zero attached hydrogens (tertiary/aromatic N) is 1. The zero-order chi connectivity index (χ0) is 13.6. The largest absolute Gasteiger partial charge is 0.348 e. The van der Waals surface area contributed by atoms with Crippen LogP contribution >= 0.6 is 23.2 Å². The van der Waals surface area contributed by atoms with E-state index >= 15 is 0 Å². The van der Waals surface area contributed by atoms with E-state index in [-0.39, 0.29) is 17.1 Å². The number of ketones is 1. The number of ether oxygens (including phenoxy) is 2. The van der Waals surface area contributed by atoms with Crippen LogP contribution in [0.5, 0.6) is 0 Å². The van der Waals surface area contributed by atoms with Crippen LogP contribution in [0.1, 0.15) is 10.4 Å². The van der Waals surface area contributed by atoms with Crippen LogP contribution in [0.4, 0.5) is 5.69 Å². The third-order valence-corrected chi connectivity index (χ3v) is 3.53. The second-order valence-electron chi connectivity index (χ2n) is 4.20. The third kappa shape index (κ3) is 2.12. The summed E-state index contributed by atoms with van der Waals surface area (Å²) in [5, 5.41) is 0.543. The number of benzene rings is 1. The van der Waals surface area contributed by atoms with Gasteiger partial charge in [-0.3, -0.25) is 14.5 Å². The fraction of sp³-hybridized carbons (Fsp3) is 0.333. The van der Waals surface area contributed by atoms with Gasteiger partial charge in [0.25, 0.3) is 11.7 Å². The van der Waals surface area contributed by atoms with Crippen LogP contribution in [-0.4, -0.2) is 37.7 Å². The van der Waals surface area contributed by atoms with Crippen LogP contribution in [0.15, 0.2) is 12.1 Å². The van der Waals surface area contributed by atoms with E-state index in [0.717, 1.165) is 0 Å². The smallest absolute Gasteiger partial charge is 0.299 e. The highest BCUT2D eigenvalue weighted by Crippen LogP contribution is 2.37. The fourth-order valence-electron chi connectivity index (χ4n) is 2.18. The van der Waals surface area contributed by atoms with E-state index in [4.69, 9.17) is 32.7 Å². The predicted octanol–water partition coefficient (Wildman–Crippen LogP) is 1.90. The number of amides is 1. The van der Waals surface area contributed by atoms with Crippen LogP contribution in [0, 0.1) is 0 Å². The van der Waals surface area contributed by atoms with Crippen molar-refractivity contribution in [2.24, 2.45) is 0 Å². The quantitative estimate of drug-likeness (QED) is 0.783. The van der Waals surface area contributed by atoms with Crippen LogP contribution in [0.3, 0.4) is 0 Å². The summed E-state index contributed by atoms with van der Waals surface area (Å²) in [5.41, 5.74) is 0.598. The molecular weight excluding hydrogens is 293 g/mol. The molecule has 100 valence electrons. The highest BCUT2D eigenvalue weighted by molar-refractivity contribution is 6.55. The summed E-state index contributed by atoms with van der Waals surface area (Å²) in [6, 6.07) is 2.99. The van der Waals surface area contributed by atoms with Crippen molar-refractivity contribution >= 4 is 40.6 Å². The summed E-state index contributed by atoms with van der Waals surface area (Å²) < 4.78 is 10.6. The van der Waals surface area contributed by atoms with Crippen LogP contribution < -0.4 is 4.90 Å². The highest BCUT2D eigenvalue weighted by Gasteiger charge is 2.39. The molecule has 1 aromatic rings. The van der Waals surface area contributed by atoms with Gasteiger partial charge >= 0.3 is 0 Å². The lowest BCUT2D eigenvalue weighted by atomic mass is 10.1. The standard InChI is InChI=1S/C12H9Cl2NO4/c13-6-3-7(14)10-8(4-6)15(12(17)11(10)16)5-9-18-1-2-19-9/h3-4,9H,1-2,5H2. The third-order valence-electron chi connectivity index (χ3n) is 3.01. The summed E-state index contributed by atoms with van der Waals surface area (Å²) in [6.45, 7) is 1.10. The first-order valence-electron chi connectivity index (χ1n) is 5.66. The van der Waals surface area contributed by atoms with E-state index in [1.807, 2.05) is 0 Å². The number of Topliss-reactive ketones (excluding diaryl/α,β-unsaturated/α-hetero) is 1. The van der Waals surface area contributed by atoms with Gasteiger partial charge in [0.1, 0.15) is 0 Å².